The van der Waals surface area contributed by atoms with Crippen LogP contribution in [0, 0.1) is 0 Å². The third-order valence-electron chi connectivity index (χ3n) is 5.32. The molecule has 0 fully saturated rings. The SMILES string of the molecule is NCCNC(=O)Cn1ccc(-c2cc(Cl)c(Cl)c3[nH]c4c(c23)CN(C(=O)CO)CC4)n1. The van der Waals surface area contributed by atoms with Gasteiger partial charge in [0.1, 0.15) is 13.2 Å². The number of carbonyl (C=O) groups excluding carboxylic acids is 2. The number of aromatic amines is 1. The Labute approximate surface area is 188 Å². The highest BCUT2D eigenvalue weighted by molar-refractivity contribution is 6.45. The first-order valence-electron chi connectivity index (χ1n) is 9.83. The van der Waals surface area contributed by atoms with Gasteiger partial charge in [-0.25, -0.2) is 0 Å². The van der Waals surface area contributed by atoms with E-state index < -0.39 is 6.61 Å². The van der Waals surface area contributed by atoms with Gasteiger partial charge < -0.3 is 26.0 Å². The molecule has 0 saturated heterocycles. The number of aliphatic hydroxyl groups excluding tert-OH is 1. The Bertz CT molecular complexity index is 1160. The summed E-state index contributed by atoms with van der Waals surface area (Å²) in [5.41, 5.74) is 9.37. The lowest BCUT2D eigenvalue weighted by Gasteiger charge is -2.26. The molecule has 0 atom stereocenters. The third kappa shape index (κ3) is 4.14. The molecule has 31 heavy (non-hydrogen) atoms. The van der Waals surface area contributed by atoms with Crippen LogP contribution in [0.5, 0.6) is 0 Å². The largest absolute Gasteiger partial charge is 0.387 e. The average molecular weight is 465 g/mol. The first-order chi connectivity index (χ1) is 14.9. The van der Waals surface area contributed by atoms with Crippen LogP contribution in [0.15, 0.2) is 18.3 Å². The van der Waals surface area contributed by atoms with Gasteiger partial charge in [-0.2, -0.15) is 5.10 Å². The monoisotopic (exact) mass is 464 g/mol. The Morgan fingerprint density at radius 3 is 2.90 bits per heavy atom. The zero-order valence-electron chi connectivity index (χ0n) is 16.6. The van der Waals surface area contributed by atoms with Crippen LogP contribution < -0.4 is 11.1 Å². The molecule has 4 rings (SSSR count). The number of hydrogen-bond acceptors (Lipinski definition) is 5. The Hall–Kier alpha value is -2.59. The fourth-order valence-corrected chi connectivity index (χ4v) is 4.26. The topological polar surface area (TPSA) is 129 Å². The molecule has 164 valence electrons. The molecular weight excluding hydrogens is 443 g/mol. The minimum absolute atomic E-state index is 0.0640. The molecule has 1 aromatic carbocycles. The van der Waals surface area contributed by atoms with Gasteiger partial charge in [0.15, 0.2) is 0 Å². The Morgan fingerprint density at radius 1 is 1.35 bits per heavy atom. The summed E-state index contributed by atoms with van der Waals surface area (Å²) in [7, 11) is 0. The maximum Gasteiger partial charge on any atom is 0.248 e. The molecule has 0 bridgehead atoms. The molecule has 9 nitrogen and oxygen atoms in total. The number of nitrogens with one attached hydrogen (secondary N) is 2. The maximum absolute atomic E-state index is 12.0. The second-order valence-corrected chi connectivity index (χ2v) is 8.10. The zero-order chi connectivity index (χ0) is 22.1. The fraction of sp³-hybridized carbons (Fsp3) is 0.350. The van der Waals surface area contributed by atoms with Gasteiger partial charge in [-0.3, -0.25) is 14.3 Å². The third-order valence-corrected chi connectivity index (χ3v) is 6.11. The molecule has 3 aromatic rings. The van der Waals surface area contributed by atoms with Crippen molar-refractivity contribution < 1.29 is 14.7 Å². The number of nitrogens with two attached hydrogens (primary N) is 1. The van der Waals surface area contributed by atoms with Crippen LogP contribution in [0.3, 0.4) is 0 Å². The number of amides is 2. The number of aliphatic hydroxyl groups is 1. The van der Waals surface area contributed by atoms with Gasteiger partial charge in [-0.1, -0.05) is 23.2 Å². The van der Waals surface area contributed by atoms with Crippen molar-refractivity contribution in [3.05, 3.63) is 39.6 Å². The van der Waals surface area contributed by atoms with E-state index in [9.17, 15) is 14.7 Å². The van der Waals surface area contributed by atoms with Crippen LogP contribution in [-0.4, -0.2) is 62.8 Å². The smallest absolute Gasteiger partial charge is 0.248 e. The summed E-state index contributed by atoms with van der Waals surface area (Å²) in [5.74, 6) is -0.508. The molecule has 0 spiro atoms. The van der Waals surface area contributed by atoms with Crippen LogP contribution in [0.25, 0.3) is 22.2 Å². The van der Waals surface area contributed by atoms with Crippen LogP contribution in [0.1, 0.15) is 11.3 Å². The molecule has 2 amide bonds. The summed E-state index contributed by atoms with van der Waals surface area (Å²) in [6, 6.07) is 3.54. The molecule has 1 aliphatic rings. The standard InChI is InChI=1S/C20H22Cl2N6O3/c21-13-7-11(15-2-6-28(26-15)9-16(30)24-4-3-23)18-12-8-27(17(31)10-29)5-1-14(12)25-20(18)19(13)22/h2,6-7,25,29H,1,3-5,8-10,23H2,(H,24,30). The van der Waals surface area contributed by atoms with E-state index in [1.807, 2.05) is 0 Å². The summed E-state index contributed by atoms with van der Waals surface area (Å²) in [6.45, 7) is 1.15. The lowest BCUT2D eigenvalue weighted by Crippen LogP contribution is -2.37. The Morgan fingerprint density at radius 2 is 2.16 bits per heavy atom. The maximum atomic E-state index is 12.0. The molecule has 0 saturated carbocycles. The van der Waals surface area contributed by atoms with Crippen molar-refractivity contribution in [3.8, 4) is 11.3 Å². The lowest BCUT2D eigenvalue weighted by molar-refractivity contribution is -0.135. The van der Waals surface area contributed by atoms with Crippen LogP contribution >= 0.6 is 23.2 Å². The normalized spacial score (nSPS) is 13.5. The molecular formula is C20H22Cl2N6O3. The Kier molecular flexibility index (Phi) is 6.19. The van der Waals surface area contributed by atoms with E-state index in [1.165, 1.54) is 4.68 Å². The highest BCUT2D eigenvalue weighted by atomic mass is 35.5. The summed E-state index contributed by atoms with van der Waals surface area (Å²) in [4.78, 5) is 29.0. The number of halogens is 2. The number of nitrogens with zero attached hydrogens (tertiary/aromatic N) is 3. The first kappa shape index (κ1) is 21.6. The number of benzene rings is 1. The zero-order valence-corrected chi connectivity index (χ0v) is 18.1. The van der Waals surface area contributed by atoms with Gasteiger partial charge >= 0.3 is 0 Å². The number of rotatable bonds is 6. The molecule has 2 aromatic heterocycles. The highest BCUT2D eigenvalue weighted by Gasteiger charge is 2.27. The van der Waals surface area contributed by atoms with Crippen molar-refractivity contribution in [2.24, 2.45) is 5.73 Å². The quantitative estimate of drug-likeness (QED) is 0.436. The predicted molar refractivity (Wildman–Crippen MR) is 118 cm³/mol. The number of carbonyl (C=O) groups is 2. The minimum atomic E-state index is -0.534. The first-order valence-corrected chi connectivity index (χ1v) is 10.6. The van der Waals surface area contributed by atoms with Gasteiger partial charge in [-0.15, -0.1) is 0 Å². The van der Waals surface area contributed by atoms with Gasteiger partial charge in [0.2, 0.25) is 11.8 Å². The van der Waals surface area contributed by atoms with Gasteiger partial charge in [0.25, 0.3) is 0 Å². The van der Waals surface area contributed by atoms with Crippen molar-refractivity contribution >= 4 is 45.9 Å². The molecule has 0 unspecified atom stereocenters. The summed E-state index contributed by atoms with van der Waals surface area (Å²) < 4.78 is 1.54. The van der Waals surface area contributed by atoms with E-state index >= 15 is 0 Å². The van der Waals surface area contributed by atoms with Crippen LogP contribution in [0.4, 0.5) is 0 Å². The lowest BCUT2D eigenvalue weighted by atomic mass is 9.99. The second-order valence-electron chi connectivity index (χ2n) is 7.31. The summed E-state index contributed by atoms with van der Waals surface area (Å²) >= 11 is 12.9. The summed E-state index contributed by atoms with van der Waals surface area (Å²) in [6.07, 6.45) is 2.32. The van der Waals surface area contributed by atoms with E-state index in [0.29, 0.717) is 53.9 Å². The number of aromatic nitrogens is 3. The van der Waals surface area contributed by atoms with Gasteiger partial charge in [0.05, 0.1) is 21.3 Å². The molecule has 1 aliphatic heterocycles. The van der Waals surface area contributed by atoms with E-state index in [4.69, 9.17) is 28.9 Å². The van der Waals surface area contributed by atoms with E-state index in [0.717, 1.165) is 22.2 Å². The van der Waals surface area contributed by atoms with E-state index in [1.54, 1.807) is 23.2 Å². The predicted octanol–water partition coefficient (Wildman–Crippen LogP) is 1.29. The number of fused-ring (bicyclic) bond motifs is 3. The van der Waals surface area contributed by atoms with E-state index in [-0.39, 0.29) is 18.4 Å². The van der Waals surface area contributed by atoms with Crippen molar-refractivity contribution in [1.82, 2.24) is 25.0 Å². The summed E-state index contributed by atoms with van der Waals surface area (Å²) in [5, 5.41) is 18.1. The molecule has 0 radical (unpaired) electrons. The van der Waals surface area contributed by atoms with Crippen molar-refractivity contribution in [2.45, 2.75) is 19.5 Å². The Balaban J connectivity index is 1.75. The van der Waals surface area contributed by atoms with Gasteiger partial charge in [-0.05, 0) is 12.1 Å². The number of H-pyrrole nitrogens is 1. The minimum Gasteiger partial charge on any atom is -0.387 e. The molecule has 11 heteroatoms. The molecule has 5 N–H and O–H groups in total. The molecule has 0 aliphatic carbocycles. The van der Waals surface area contributed by atoms with Crippen LogP contribution in [-0.2, 0) is 29.1 Å². The highest BCUT2D eigenvalue weighted by Crippen LogP contribution is 2.41. The van der Waals surface area contributed by atoms with Crippen molar-refractivity contribution in [3.63, 3.8) is 0 Å². The second kappa shape index (κ2) is 8.88. The van der Waals surface area contributed by atoms with Crippen molar-refractivity contribution in [2.75, 3.05) is 26.2 Å². The fourth-order valence-electron chi connectivity index (χ4n) is 3.86. The van der Waals surface area contributed by atoms with Gasteiger partial charge in [0, 0.05) is 61.0 Å². The van der Waals surface area contributed by atoms with Crippen LogP contribution in [0.2, 0.25) is 10.0 Å². The van der Waals surface area contributed by atoms with Crippen molar-refractivity contribution in [1.29, 1.82) is 0 Å². The average Bonchev–Trinajstić information content (AvgIpc) is 3.38. The molecule has 3 heterocycles. The number of hydrogen-bond donors (Lipinski definition) is 4. The van der Waals surface area contributed by atoms with E-state index in [2.05, 4.69) is 15.4 Å².